The number of rotatable bonds is 4. The van der Waals surface area contributed by atoms with Crippen molar-refractivity contribution in [2.75, 3.05) is 0 Å². The molecule has 0 amide bonds. The molecule has 2 N–H and O–H groups in total. The maximum absolute atomic E-state index is 13.4. The predicted octanol–water partition coefficient (Wildman–Crippen LogP) is 3.18. The molecule has 5 heteroatoms. The smallest absolute Gasteiger partial charge is 0.165 e. The Kier molecular flexibility index (Phi) is 4.06. The monoisotopic (exact) mass is 279 g/mol. The first-order valence-corrected chi connectivity index (χ1v) is 5.94. The van der Waals surface area contributed by atoms with Gasteiger partial charge in [0.15, 0.2) is 11.6 Å². The van der Waals surface area contributed by atoms with Gasteiger partial charge in [0.1, 0.15) is 17.4 Å². The molecule has 0 atom stereocenters. The molecule has 98 valence electrons. The van der Waals surface area contributed by atoms with Gasteiger partial charge in [0.05, 0.1) is 0 Å². The molecule has 0 bridgehead atoms. The number of nitrogens with two attached hydrogens (primary N) is 1. The predicted molar refractivity (Wildman–Crippen MR) is 73.0 cm³/mol. The lowest BCUT2D eigenvalue weighted by atomic mass is 10.1. The lowest BCUT2D eigenvalue weighted by molar-refractivity contribution is 0.290. The standard InChI is InChI=1S/C14H11F2NOS/c15-11-6-5-9(7-10(11)14(17)19)8-18-13-4-2-1-3-12(13)16/h1-7H,8H2,(H2,17,19). The maximum atomic E-state index is 13.4. The van der Waals surface area contributed by atoms with Crippen LogP contribution in [0.1, 0.15) is 11.1 Å². The van der Waals surface area contributed by atoms with E-state index in [9.17, 15) is 8.78 Å². The first-order valence-electron chi connectivity index (χ1n) is 5.53. The zero-order valence-corrected chi connectivity index (χ0v) is 10.7. The van der Waals surface area contributed by atoms with Crippen LogP contribution in [-0.2, 0) is 6.61 Å². The number of hydrogen-bond donors (Lipinski definition) is 1. The highest BCUT2D eigenvalue weighted by molar-refractivity contribution is 7.80. The van der Waals surface area contributed by atoms with Gasteiger partial charge in [-0.15, -0.1) is 0 Å². The van der Waals surface area contributed by atoms with Crippen LogP contribution in [0.15, 0.2) is 42.5 Å². The highest BCUT2D eigenvalue weighted by Crippen LogP contribution is 2.18. The number of halogens is 2. The van der Waals surface area contributed by atoms with Gasteiger partial charge in [-0.3, -0.25) is 0 Å². The van der Waals surface area contributed by atoms with Crippen molar-refractivity contribution in [1.29, 1.82) is 0 Å². The van der Waals surface area contributed by atoms with Crippen LogP contribution in [0.5, 0.6) is 5.75 Å². The van der Waals surface area contributed by atoms with E-state index in [1.165, 1.54) is 30.3 Å². The Hall–Kier alpha value is -2.01. The summed E-state index contributed by atoms with van der Waals surface area (Å²) in [7, 11) is 0. The van der Waals surface area contributed by atoms with Crippen LogP contribution in [0.3, 0.4) is 0 Å². The van der Waals surface area contributed by atoms with E-state index in [0.717, 1.165) is 0 Å². The molecule has 0 radical (unpaired) electrons. The summed E-state index contributed by atoms with van der Waals surface area (Å²) in [4.78, 5) is -0.0229. The second-order valence-corrected chi connectivity index (χ2v) is 4.34. The van der Waals surface area contributed by atoms with Crippen LogP contribution in [-0.4, -0.2) is 4.99 Å². The Balaban J connectivity index is 2.14. The van der Waals surface area contributed by atoms with Crippen molar-refractivity contribution >= 4 is 17.2 Å². The minimum Gasteiger partial charge on any atom is -0.486 e. The number of hydrogen-bond acceptors (Lipinski definition) is 2. The molecular weight excluding hydrogens is 268 g/mol. The zero-order valence-electron chi connectivity index (χ0n) is 9.90. The Bertz CT molecular complexity index is 616. The molecule has 0 saturated carbocycles. The largest absolute Gasteiger partial charge is 0.486 e. The molecule has 0 heterocycles. The van der Waals surface area contributed by atoms with E-state index in [2.05, 4.69) is 0 Å². The molecule has 0 saturated heterocycles. The third-order valence-corrected chi connectivity index (χ3v) is 2.75. The summed E-state index contributed by atoms with van der Waals surface area (Å²) in [5.74, 6) is -0.787. The number of para-hydroxylation sites is 1. The fourth-order valence-corrected chi connectivity index (χ4v) is 1.73. The molecule has 0 aliphatic heterocycles. The third kappa shape index (κ3) is 3.26. The Morgan fingerprint density at radius 1 is 1.11 bits per heavy atom. The summed E-state index contributed by atoms with van der Waals surface area (Å²) in [6, 6.07) is 10.4. The molecule has 0 aliphatic rings. The molecule has 0 fully saturated rings. The van der Waals surface area contributed by atoms with Crippen LogP contribution in [0.25, 0.3) is 0 Å². The van der Waals surface area contributed by atoms with Gasteiger partial charge in [-0.1, -0.05) is 30.4 Å². The molecule has 0 spiro atoms. The van der Waals surface area contributed by atoms with Crippen LogP contribution in [0.4, 0.5) is 8.78 Å². The molecule has 2 aromatic rings. The topological polar surface area (TPSA) is 35.2 Å². The molecule has 19 heavy (non-hydrogen) atoms. The molecule has 2 aromatic carbocycles. The van der Waals surface area contributed by atoms with Gasteiger partial charge < -0.3 is 10.5 Å². The van der Waals surface area contributed by atoms with Crippen LogP contribution in [0, 0.1) is 11.6 Å². The second kappa shape index (κ2) is 5.75. The van der Waals surface area contributed by atoms with E-state index in [1.54, 1.807) is 12.1 Å². The van der Waals surface area contributed by atoms with Gasteiger partial charge in [-0.25, -0.2) is 8.78 Å². The van der Waals surface area contributed by atoms with Crippen LogP contribution < -0.4 is 10.5 Å². The first-order chi connectivity index (χ1) is 9.08. The molecule has 2 nitrogen and oxygen atoms in total. The Morgan fingerprint density at radius 2 is 1.84 bits per heavy atom. The van der Waals surface area contributed by atoms with E-state index >= 15 is 0 Å². The summed E-state index contributed by atoms with van der Waals surface area (Å²) >= 11 is 4.74. The van der Waals surface area contributed by atoms with Gasteiger partial charge in [0, 0.05) is 5.56 Å². The maximum Gasteiger partial charge on any atom is 0.165 e. The van der Waals surface area contributed by atoms with Crippen molar-refractivity contribution in [3.05, 3.63) is 65.2 Å². The van der Waals surface area contributed by atoms with Crippen molar-refractivity contribution in [2.45, 2.75) is 6.61 Å². The van der Waals surface area contributed by atoms with Crippen molar-refractivity contribution in [3.63, 3.8) is 0 Å². The van der Waals surface area contributed by atoms with Crippen molar-refractivity contribution in [3.8, 4) is 5.75 Å². The van der Waals surface area contributed by atoms with Crippen LogP contribution in [0.2, 0.25) is 0 Å². The highest BCUT2D eigenvalue weighted by Gasteiger charge is 2.07. The molecule has 0 aromatic heterocycles. The summed E-state index contributed by atoms with van der Waals surface area (Å²) in [6.45, 7) is 0.108. The minimum atomic E-state index is -0.484. The molecule has 0 aliphatic carbocycles. The van der Waals surface area contributed by atoms with E-state index < -0.39 is 11.6 Å². The van der Waals surface area contributed by atoms with E-state index in [-0.39, 0.29) is 22.9 Å². The summed E-state index contributed by atoms with van der Waals surface area (Å²) in [6.07, 6.45) is 0. The number of ether oxygens (including phenoxy) is 1. The lowest BCUT2D eigenvalue weighted by Gasteiger charge is -2.08. The molecule has 2 rings (SSSR count). The Labute approximate surface area is 114 Å². The van der Waals surface area contributed by atoms with Gasteiger partial charge in [-0.05, 0) is 29.8 Å². The summed E-state index contributed by atoms with van der Waals surface area (Å²) in [5, 5.41) is 0. The average Bonchev–Trinajstić information content (AvgIpc) is 2.39. The minimum absolute atomic E-state index is 0.0229. The Morgan fingerprint density at radius 3 is 2.53 bits per heavy atom. The second-order valence-electron chi connectivity index (χ2n) is 3.90. The van der Waals surface area contributed by atoms with Gasteiger partial charge >= 0.3 is 0 Å². The van der Waals surface area contributed by atoms with Crippen LogP contribution >= 0.6 is 12.2 Å². The summed E-state index contributed by atoms with van der Waals surface area (Å²) < 4.78 is 32.0. The third-order valence-electron chi connectivity index (χ3n) is 2.53. The summed E-state index contributed by atoms with van der Waals surface area (Å²) in [5.41, 5.74) is 6.22. The average molecular weight is 279 g/mol. The van der Waals surface area contributed by atoms with Gasteiger partial charge in [0.25, 0.3) is 0 Å². The van der Waals surface area contributed by atoms with E-state index in [0.29, 0.717) is 5.56 Å². The molecular formula is C14H11F2NOS. The van der Waals surface area contributed by atoms with Crippen molar-refractivity contribution < 1.29 is 13.5 Å². The quantitative estimate of drug-likeness (QED) is 0.873. The highest BCUT2D eigenvalue weighted by atomic mass is 32.1. The van der Waals surface area contributed by atoms with Gasteiger partial charge in [-0.2, -0.15) is 0 Å². The van der Waals surface area contributed by atoms with Gasteiger partial charge in [0.2, 0.25) is 0 Å². The SMILES string of the molecule is NC(=S)c1cc(COc2ccccc2F)ccc1F. The number of benzene rings is 2. The zero-order chi connectivity index (χ0) is 13.8. The molecule has 0 unspecified atom stereocenters. The normalized spacial score (nSPS) is 10.2. The van der Waals surface area contributed by atoms with Crippen molar-refractivity contribution in [2.24, 2.45) is 5.73 Å². The first kappa shape index (κ1) is 13.4. The van der Waals surface area contributed by atoms with E-state index in [4.69, 9.17) is 22.7 Å². The fraction of sp³-hybridized carbons (Fsp3) is 0.0714. The number of thiocarbonyl (C=S) groups is 1. The van der Waals surface area contributed by atoms with E-state index in [1.807, 2.05) is 0 Å². The van der Waals surface area contributed by atoms with Crippen molar-refractivity contribution in [1.82, 2.24) is 0 Å². The lowest BCUT2D eigenvalue weighted by Crippen LogP contribution is -2.12. The fourth-order valence-electron chi connectivity index (χ4n) is 1.57.